The van der Waals surface area contributed by atoms with Crippen LogP contribution < -0.4 is 4.72 Å². The smallest absolute Gasteiger partial charge is 0.266 e. The number of amides is 1. The first-order chi connectivity index (χ1) is 14.4. The topological polar surface area (TPSA) is 88.5 Å². The highest BCUT2D eigenvalue weighted by Crippen LogP contribution is 2.28. The number of nitrogens with one attached hydrogen (secondary N) is 1. The minimum atomic E-state index is -3.99. The lowest BCUT2D eigenvalue weighted by atomic mass is 9.96. The molecule has 0 saturated heterocycles. The second kappa shape index (κ2) is 7.84. The van der Waals surface area contributed by atoms with Crippen LogP contribution >= 0.6 is 0 Å². The van der Waals surface area contributed by atoms with Crippen molar-refractivity contribution in [1.29, 1.82) is 0 Å². The fourth-order valence-electron chi connectivity index (χ4n) is 3.60. The van der Waals surface area contributed by atoms with Gasteiger partial charge >= 0.3 is 0 Å². The summed E-state index contributed by atoms with van der Waals surface area (Å²) in [5.74, 6) is -0.864. The molecular formula is C23H21N3O3S. The quantitative estimate of drug-likeness (QED) is 0.682. The van der Waals surface area contributed by atoms with E-state index in [1.165, 1.54) is 6.07 Å². The second-order valence-corrected chi connectivity index (χ2v) is 8.80. The van der Waals surface area contributed by atoms with Gasteiger partial charge in [0.15, 0.2) is 0 Å². The number of aliphatic imine (C=N–C) groups is 1. The van der Waals surface area contributed by atoms with Crippen molar-refractivity contribution in [2.24, 2.45) is 10.9 Å². The Balaban J connectivity index is 1.67. The maximum Gasteiger partial charge on any atom is 0.283 e. The van der Waals surface area contributed by atoms with E-state index in [2.05, 4.69) is 14.7 Å². The molecule has 1 atom stereocenters. The molecule has 1 aromatic heterocycles. The molecule has 0 aliphatic carbocycles. The summed E-state index contributed by atoms with van der Waals surface area (Å²) in [6.07, 6.45) is 4.14. The lowest BCUT2D eigenvalue weighted by molar-refractivity contribution is -0.115. The van der Waals surface area contributed by atoms with Gasteiger partial charge in [0.2, 0.25) is 0 Å². The molecule has 0 fully saturated rings. The SMILES string of the molecule is CCC1C=C(C(=O)NS(=O)(=O)c2ccccc2C)N=C1c1nccc2ccccc12. The average molecular weight is 420 g/mol. The van der Waals surface area contributed by atoms with E-state index in [9.17, 15) is 13.2 Å². The van der Waals surface area contributed by atoms with Gasteiger partial charge in [0.25, 0.3) is 15.9 Å². The van der Waals surface area contributed by atoms with E-state index < -0.39 is 15.9 Å². The van der Waals surface area contributed by atoms with Crippen molar-refractivity contribution < 1.29 is 13.2 Å². The molecule has 2 aromatic carbocycles. The second-order valence-electron chi connectivity index (χ2n) is 7.14. The number of rotatable bonds is 5. The first kappa shape index (κ1) is 20.0. The summed E-state index contributed by atoms with van der Waals surface area (Å²) >= 11 is 0. The standard InChI is InChI=1S/C23H21N3O3S/c1-3-16-14-19(23(27)26-30(28,29)20-11-7-4-8-15(20)2)25-21(16)22-18-10-6-5-9-17(18)12-13-24-22/h4-14,16H,3H2,1-2H3,(H,26,27). The Hall–Kier alpha value is -3.32. The molecule has 0 radical (unpaired) electrons. The highest BCUT2D eigenvalue weighted by Gasteiger charge is 2.29. The number of aryl methyl sites for hydroxylation is 1. The zero-order valence-electron chi connectivity index (χ0n) is 16.7. The van der Waals surface area contributed by atoms with E-state index in [4.69, 9.17) is 0 Å². The Morgan fingerprint density at radius 1 is 1.07 bits per heavy atom. The van der Waals surface area contributed by atoms with E-state index in [0.29, 0.717) is 23.4 Å². The van der Waals surface area contributed by atoms with Crippen molar-refractivity contribution in [3.05, 3.63) is 83.8 Å². The van der Waals surface area contributed by atoms with Crippen LogP contribution in [-0.2, 0) is 14.8 Å². The minimum Gasteiger partial charge on any atom is -0.266 e. The fraction of sp³-hybridized carbons (Fsp3) is 0.174. The summed E-state index contributed by atoms with van der Waals surface area (Å²) in [6, 6.07) is 16.3. The number of fused-ring (bicyclic) bond motifs is 1. The van der Waals surface area contributed by atoms with Crippen LogP contribution in [0.2, 0.25) is 0 Å². The molecule has 0 saturated carbocycles. The van der Waals surface area contributed by atoms with Crippen LogP contribution in [0.5, 0.6) is 0 Å². The van der Waals surface area contributed by atoms with Gasteiger partial charge in [0.05, 0.1) is 16.3 Å². The molecule has 1 unspecified atom stereocenters. The van der Waals surface area contributed by atoms with Crippen LogP contribution in [0.3, 0.4) is 0 Å². The summed E-state index contributed by atoms with van der Waals surface area (Å²) < 4.78 is 27.5. The highest BCUT2D eigenvalue weighted by atomic mass is 32.2. The first-order valence-electron chi connectivity index (χ1n) is 9.68. The van der Waals surface area contributed by atoms with Crippen molar-refractivity contribution in [1.82, 2.24) is 9.71 Å². The maximum absolute atomic E-state index is 12.8. The highest BCUT2D eigenvalue weighted by molar-refractivity contribution is 7.90. The number of allylic oxidation sites excluding steroid dienone is 1. The number of aromatic nitrogens is 1. The summed E-state index contributed by atoms with van der Waals surface area (Å²) in [6.45, 7) is 3.68. The third-order valence-corrected chi connectivity index (χ3v) is 6.64. The van der Waals surface area contributed by atoms with E-state index in [0.717, 1.165) is 10.8 Å². The van der Waals surface area contributed by atoms with E-state index in [1.54, 1.807) is 37.4 Å². The van der Waals surface area contributed by atoms with Gasteiger partial charge in [-0.15, -0.1) is 0 Å². The zero-order valence-corrected chi connectivity index (χ0v) is 17.5. The van der Waals surface area contributed by atoms with Crippen LogP contribution in [0.1, 0.15) is 24.6 Å². The number of pyridine rings is 1. The monoisotopic (exact) mass is 419 g/mol. The lowest BCUT2D eigenvalue weighted by Gasteiger charge is -2.11. The molecule has 6 nitrogen and oxygen atoms in total. The fourth-order valence-corrected chi connectivity index (χ4v) is 4.80. The van der Waals surface area contributed by atoms with Crippen molar-refractivity contribution in [3.63, 3.8) is 0 Å². The van der Waals surface area contributed by atoms with Crippen molar-refractivity contribution in [2.75, 3.05) is 0 Å². The zero-order chi connectivity index (χ0) is 21.3. The summed E-state index contributed by atoms with van der Waals surface area (Å²) in [5.41, 5.74) is 2.03. The predicted molar refractivity (Wildman–Crippen MR) is 117 cm³/mol. The van der Waals surface area contributed by atoms with Crippen molar-refractivity contribution >= 4 is 32.4 Å². The number of carbonyl (C=O) groups is 1. The largest absolute Gasteiger partial charge is 0.283 e. The van der Waals surface area contributed by atoms with Gasteiger partial charge in [-0.3, -0.25) is 9.78 Å². The number of nitrogens with zero attached hydrogens (tertiary/aromatic N) is 2. The predicted octanol–water partition coefficient (Wildman–Crippen LogP) is 3.76. The Morgan fingerprint density at radius 3 is 2.57 bits per heavy atom. The van der Waals surface area contributed by atoms with Crippen LogP contribution in [0, 0.1) is 12.8 Å². The molecule has 3 aromatic rings. The molecule has 2 heterocycles. The lowest BCUT2D eigenvalue weighted by Crippen LogP contribution is -2.31. The van der Waals surface area contributed by atoms with Gasteiger partial charge in [0.1, 0.15) is 5.70 Å². The van der Waals surface area contributed by atoms with Crippen LogP contribution in [0.15, 0.2) is 82.5 Å². The third kappa shape index (κ3) is 3.64. The number of benzene rings is 2. The Morgan fingerprint density at radius 2 is 1.80 bits per heavy atom. The van der Waals surface area contributed by atoms with Gasteiger partial charge < -0.3 is 0 Å². The van der Waals surface area contributed by atoms with Gasteiger partial charge in [-0.25, -0.2) is 18.1 Å². The molecule has 152 valence electrons. The number of carbonyl (C=O) groups excluding carboxylic acids is 1. The molecule has 0 bridgehead atoms. The normalized spacial score (nSPS) is 16.3. The molecule has 0 spiro atoms. The first-order valence-corrected chi connectivity index (χ1v) is 11.2. The molecule has 4 rings (SSSR count). The van der Waals surface area contributed by atoms with E-state index in [1.807, 2.05) is 37.3 Å². The molecule has 1 aliphatic heterocycles. The Labute approximate surface area is 175 Å². The van der Waals surface area contributed by atoms with Crippen LogP contribution in [0.4, 0.5) is 0 Å². The van der Waals surface area contributed by atoms with Gasteiger partial charge in [0, 0.05) is 17.5 Å². The number of sulfonamides is 1. The van der Waals surface area contributed by atoms with Crippen LogP contribution in [-0.4, -0.2) is 25.0 Å². The summed E-state index contributed by atoms with van der Waals surface area (Å²) in [7, 11) is -3.99. The van der Waals surface area contributed by atoms with Crippen molar-refractivity contribution in [3.8, 4) is 0 Å². The molecule has 30 heavy (non-hydrogen) atoms. The van der Waals surface area contributed by atoms with Gasteiger partial charge in [-0.2, -0.15) is 0 Å². The van der Waals surface area contributed by atoms with E-state index in [-0.39, 0.29) is 16.5 Å². The van der Waals surface area contributed by atoms with E-state index >= 15 is 0 Å². The maximum atomic E-state index is 12.8. The average Bonchev–Trinajstić information content (AvgIpc) is 3.18. The molecule has 1 amide bonds. The third-order valence-electron chi connectivity index (χ3n) is 5.15. The molecule has 7 heteroatoms. The molecule has 1 aliphatic rings. The molecule has 1 N–H and O–H groups in total. The van der Waals surface area contributed by atoms with Crippen LogP contribution in [0.25, 0.3) is 10.8 Å². The van der Waals surface area contributed by atoms with Crippen molar-refractivity contribution in [2.45, 2.75) is 25.2 Å². The number of hydrogen-bond acceptors (Lipinski definition) is 5. The van der Waals surface area contributed by atoms with Gasteiger partial charge in [-0.1, -0.05) is 49.4 Å². The Bertz CT molecular complexity index is 1300. The number of hydrogen-bond donors (Lipinski definition) is 1. The minimum absolute atomic E-state index is 0.0731. The Kier molecular flexibility index (Phi) is 5.22. The molecular weight excluding hydrogens is 398 g/mol. The summed E-state index contributed by atoms with van der Waals surface area (Å²) in [4.78, 5) is 21.8. The summed E-state index contributed by atoms with van der Waals surface area (Å²) in [5, 5.41) is 1.97. The van der Waals surface area contributed by atoms with Gasteiger partial charge in [-0.05, 0) is 42.5 Å².